The number of aromatic amines is 2. The molecule has 2 aromatic heterocycles. The van der Waals surface area contributed by atoms with E-state index in [4.69, 9.17) is 9.72 Å². The third-order valence-corrected chi connectivity index (χ3v) is 8.21. The molecule has 3 heterocycles. The number of imidazole rings is 1. The SMILES string of the molecule is CCCCC(NC(=O)c1[nH]c2c(c1C)C(=O)CC(C)(C)C2)c1nc2ccc(OCCN3CCCCC3)cc2[nH]1. The van der Waals surface area contributed by atoms with Crippen molar-refractivity contribution in [3.63, 3.8) is 0 Å². The Bertz CT molecular complexity index is 1330. The van der Waals surface area contributed by atoms with Crippen molar-refractivity contribution in [1.82, 2.24) is 25.2 Å². The van der Waals surface area contributed by atoms with E-state index in [1.54, 1.807) is 0 Å². The zero-order chi connectivity index (χ0) is 27.6. The minimum absolute atomic E-state index is 0.108. The van der Waals surface area contributed by atoms with E-state index in [-0.39, 0.29) is 23.1 Å². The molecule has 0 bridgehead atoms. The second kappa shape index (κ2) is 11.5. The average Bonchev–Trinajstić information content (AvgIpc) is 3.47. The molecule has 39 heavy (non-hydrogen) atoms. The Kier molecular flexibility index (Phi) is 8.12. The summed E-state index contributed by atoms with van der Waals surface area (Å²) in [6.45, 7) is 12.1. The number of carbonyl (C=O) groups excluding carboxylic acids is 2. The van der Waals surface area contributed by atoms with Gasteiger partial charge in [0.1, 0.15) is 23.9 Å². The number of aromatic nitrogens is 3. The molecule has 1 fully saturated rings. The van der Waals surface area contributed by atoms with Gasteiger partial charge in [0, 0.05) is 30.3 Å². The molecular formula is C31H43N5O3. The highest BCUT2D eigenvalue weighted by Crippen LogP contribution is 2.37. The number of piperidine rings is 1. The molecule has 1 aliphatic carbocycles. The number of fused-ring (bicyclic) bond motifs is 2. The maximum absolute atomic E-state index is 13.5. The lowest BCUT2D eigenvalue weighted by Crippen LogP contribution is -2.33. The number of rotatable bonds is 10. The van der Waals surface area contributed by atoms with E-state index < -0.39 is 0 Å². The molecule has 0 spiro atoms. The number of nitrogens with one attached hydrogen (secondary N) is 3. The van der Waals surface area contributed by atoms with Gasteiger partial charge < -0.3 is 20.0 Å². The van der Waals surface area contributed by atoms with Crippen molar-refractivity contribution in [2.45, 2.75) is 85.1 Å². The molecule has 3 aromatic rings. The van der Waals surface area contributed by atoms with Crippen LogP contribution in [-0.4, -0.2) is 57.8 Å². The number of hydrogen-bond donors (Lipinski definition) is 3. The van der Waals surface area contributed by atoms with Crippen LogP contribution in [0.25, 0.3) is 11.0 Å². The first-order valence-corrected chi connectivity index (χ1v) is 14.6. The maximum atomic E-state index is 13.5. The van der Waals surface area contributed by atoms with E-state index in [0.29, 0.717) is 24.3 Å². The molecule has 8 nitrogen and oxygen atoms in total. The lowest BCUT2D eigenvalue weighted by molar-refractivity contribution is 0.0908. The van der Waals surface area contributed by atoms with Crippen molar-refractivity contribution in [3.05, 3.63) is 46.5 Å². The number of Topliss-reactive ketones (excluding diaryl/α,β-unsaturated/α-hetero) is 1. The second-order valence-electron chi connectivity index (χ2n) is 12.1. The minimum atomic E-state index is -0.264. The molecule has 1 atom stereocenters. The van der Waals surface area contributed by atoms with E-state index in [9.17, 15) is 9.59 Å². The van der Waals surface area contributed by atoms with Gasteiger partial charge in [0.25, 0.3) is 5.91 Å². The van der Waals surface area contributed by atoms with Crippen molar-refractivity contribution in [2.75, 3.05) is 26.2 Å². The minimum Gasteiger partial charge on any atom is -0.492 e. The molecule has 3 N–H and O–H groups in total. The van der Waals surface area contributed by atoms with E-state index >= 15 is 0 Å². The fourth-order valence-electron chi connectivity index (χ4n) is 6.11. The van der Waals surface area contributed by atoms with Crippen molar-refractivity contribution >= 4 is 22.7 Å². The van der Waals surface area contributed by atoms with Gasteiger partial charge >= 0.3 is 0 Å². The fraction of sp³-hybridized carbons (Fsp3) is 0.581. The van der Waals surface area contributed by atoms with Gasteiger partial charge in [-0.1, -0.05) is 40.0 Å². The highest BCUT2D eigenvalue weighted by molar-refractivity contribution is 6.04. The highest BCUT2D eigenvalue weighted by atomic mass is 16.5. The van der Waals surface area contributed by atoms with Crippen molar-refractivity contribution in [1.29, 1.82) is 0 Å². The third kappa shape index (κ3) is 6.21. The predicted octanol–water partition coefficient (Wildman–Crippen LogP) is 5.88. The van der Waals surface area contributed by atoms with E-state index in [1.165, 1.54) is 19.3 Å². The Balaban J connectivity index is 1.30. The first-order valence-electron chi connectivity index (χ1n) is 14.6. The summed E-state index contributed by atoms with van der Waals surface area (Å²) in [5.74, 6) is 1.48. The van der Waals surface area contributed by atoms with Gasteiger partial charge in [0.2, 0.25) is 0 Å². The molecule has 1 amide bonds. The summed E-state index contributed by atoms with van der Waals surface area (Å²) in [4.78, 5) is 40.4. The van der Waals surface area contributed by atoms with Crippen LogP contribution in [0.2, 0.25) is 0 Å². The van der Waals surface area contributed by atoms with Crippen LogP contribution in [0.4, 0.5) is 0 Å². The van der Waals surface area contributed by atoms with Crippen molar-refractivity contribution < 1.29 is 14.3 Å². The second-order valence-corrected chi connectivity index (χ2v) is 12.1. The lowest BCUT2D eigenvalue weighted by atomic mass is 9.75. The number of carbonyl (C=O) groups is 2. The van der Waals surface area contributed by atoms with Crippen LogP contribution < -0.4 is 10.1 Å². The van der Waals surface area contributed by atoms with Crippen molar-refractivity contribution in [2.24, 2.45) is 5.41 Å². The van der Waals surface area contributed by atoms with Gasteiger partial charge in [-0.05, 0) is 68.8 Å². The van der Waals surface area contributed by atoms with Crippen LogP contribution in [0.3, 0.4) is 0 Å². The van der Waals surface area contributed by atoms with E-state index in [1.807, 2.05) is 25.1 Å². The normalized spacial score (nSPS) is 18.2. The van der Waals surface area contributed by atoms with Crippen LogP contribution in [0.1, 0.15) is 110 Å². The van der Waals surface area contributed by atoms with Crippen LogP contribution in [0, 0.1) is 12.3 Å². The first kappa shape index (κ1) is 27.4. The molecule has 1 aliphatic heterocycles. The third-order valence-electron chi connectivity index (χ3n) is 8.21. The molecule has 1 aromatic carbocycles. The Morgan fingerprint density at radius 1 is 1.18 bits per heavy atom. The summed E-state index contributed by atoms with van der Waals surface area (Å²) in [7, 11) is 0. The van der Waals surface area contributed by atoms with E-state index in [0.717, 1.165) is 79.2 Å². The number of nitrogens with zero attached hydrogens (tertiary/aromatic N) is 2. The van der Waals surface area contributed by atoms with Gasteiger partial charge in [-0.15, -0.1) is 0 Å². The Labute approximate surface area is 231 Å². The number of likely N-dealkylation sites (tertiary alicyclic amines) is 1. The van der Waals surface area contributed by atoms with Crippen molar-refractivity contribution in [3.8, 4) is 5.75 Å². The Morgan fingerprint density at radius 3 is 2.74 bits per heavy atom. The highest BCUT2D eigenvalue weighted by Gasteiger charge is 2.35. The molecule has 0 saturated carbocycles. The summed E-state index contributed by atoms with van der Waals surface area (Å²) < 4.78 is 6.06. The van der Waals surface area contributed by atoms with Crippen LogP contribution in [-0.2, 0) is 6.42 Å². The molecular weight excluding hydrogens is 490 g/mol. The van der Waals surface area contributed by atoms with Crippen LogP contribution >= 0.6 is 0 Å². The number of ketones is 1. The number of ether oxygens (including phenoxy) is 1. The maximum Gasteiger partial charge on any atom is 0.268 e. The zero-order valence-electron chi connectivity index (χ0n) is 23.9. The standard InChI is InChI=1S/C31H43N5O3/c1-5-6-10-23(35-30(38)28-20(2)27-25(32-28)18-31(3,4)19-26(27)37)29-33-22-12-11-21(17-24(22)34-29)39-16-15-36-13-8-7-9-14-36/h11-12,17,23,32H,5-10,13-16,18-19H2,1-4H3,(H,33,34)(H,35,38). The monoisotopic (exact) mass is 533 g/mol. The quantitative estimate of drug-likeness (QED) is 0.302. The summed E-state index contributed by atoms with van der Waals surface area (Å²) in [6, 6.07) is 5.67. The fourth-order valence-corrected chi connectivity index (χ4v) is 6.11. The van der Waals surface area contributed by atoms with Crippen LogP contribution in [0.5, 0.6) is 5.75 Å². The number of amides is 1. The predicted molar refractivity (Wildman–Crippen MR) is 154 cm³/mol. The van der Waals surface area contributed by atoms with Crippen LogP contribution in [0.15, 0.2) is 18.2 Å². The largest absolute Gasteiger partial charge is 0.492 e. The Morgan fingerprint density at radius 2 is 1.97 bits per heavy atom. The molecule has 1 unspecified atom stereocenters. The van der Waals surface area contributed by atoms with Gasteiger partial charge in [-0.25, -0.2) is 4.98 Å². The smallest absolute Gasteiger partial charge is 0.268 e. The molecule has 0 radical (unpaired) electrons. The molecule has 5 rings (SSSR count). The topological polar surface area (TPSA) is 103 Å². The lowest BCUT2D eigenvalue weighted by Gasteiger charge is -2.28. The van der Waals surface area contributed by atoms with Gasteiger partial charge in [-0.2, -0.15) is 0 Å². The van der Waals surface area contributed by atoms with Gasteiger partial charge in [0.15, 0.2) is 5.78 Å². The van der Waals surface area contributed by atoms with Gasteiger partial charge in [0.05, 0.1) is 17.1 Å². The summed E-state index contributed by atoms with van der Waals surface area (Å²) in [6.07, 6.45) is 7.89. The summed E-state index contributed by atoms with van der Waals surface area (Å²) in [5.41, 5.74) is 4.44. The molecule has 2 aliphatic rings. The summed E-state index contributed by atoms with van der Waals surface area (Å²) >= 11 is 0. The zero-order valence-corrected chi connectivity index (χ0v) is 23.9. The molecule has 8 heteroatoms. The van der Waals surface area contributed by atoms with E-state index in [2.05, 4.69) is 41.0 Å². The number of hydrogen-bond acceptors (Lipinski definition) is 5. The molecule has 1 saturated heterocycles. The first-order chi connectivity index (χ1) is 18.7. The number of H-pyrrole nitrogens is 2. The number of unbranched alkanes of at least 4 members (excludes halogenated alkanes) is 1. The summed E-state index contributed by atoms with van der Waals surface area (Å²) in [5, 5.41) is 3.20. The molecule has 210 valence electrons. The van der Waals surface area contributed by atoms with Gasteiger partial charge in [-0.3, -0.25) is 14.5 Å². The Hall–Kier alpha value is -3.13. The number of benzene rings is 1. The average molecular weight is 534 g/mol.